The normalized spacial score (nSPS) is 11.9. The van der Waals surface area contributed by atoms with Gasteiger partial charge < -0.3 is 10.1 Å². The van der Waals surface area contributed by atoms with E-state index in [2.05, 4.69) is 10.3 Å². The molecule has 0 fully saturated rings. The number of nitrogens with zero attached hydrogens (tertiary/aromatic N) is 1. The van der Waals surface area contributed by atoms with Gasteiger partial charge in [-0.15, -0.1) is 0 Å². The summed E-state index contributed by atoms with van der Waals surface area (Å²) in [6.45, 7) is 1.64. The molecule has 0 aromatic carbocycles. The van der Waals surface area contributed by atoms with Crippen LogP contribution < -0.4 is 10.1 Å². The van der Waals surface area contributed by atoms with Crippen molar-refractivity contribution in [3.8, 4) is 5.75 Å². The molecule has 1 rings (SSSR count). The topological polar surface area (TPSA) is 51.2 Å². The molecule has 1 N–H and O–H groups in total. The third-order valence-electron chi connectivity index (χ3n) is 1.64. The van der Waals surface area contributed by atoms with Crippen LogP contribution in [-0.2, 0) is 4.79 Å². The van der Waals surface area contributed by atoms with Gasteiger partial charge in [0.05, 0.1) is 0 Å². The zero-order valence-corrected chi connectivity index (χ0v) is 8.71. The monoisotopic (exact) mass is 214 g/mol. The summed E-state index contributed by atoms with van der Waals surface area (Å²) in [6.07, 6.45) is 0.974. The minimum absolute atomic E-state index is 0.204. The van der Waals surface area contributed by atoms with Crippen molar-refractivity contribution in [2.75, 3.05) is 7.05 Å². The number of rotatable bonds is 3. The lowest BCUT2D eigenvalue weighted by Crippen LogP contribution is -2.33. The third-order valence-corrected chi connectivity index (χ3v) is 1.93. The van der Waals surface area contributed by atoms with Gasteiger partial charge in [-0.05, 0) is 19.1 Å². The molecular weight excluding hydrogens is 204 g/mol. The van der Waals surface area contributed by atoms with Crippen molar-refractivity contribution < 1.29 is 9.53 Å². The zero-order chi connectivity index (χ0) is 10.6. The second-order valence-electron chi connectivity index (χ2n) is 2.67. The van der Waals surface area contributed by atoms with Gasteiger partial charge in [0.2, 0.25) is 0 Å². The summed E-state index contributed by atoms with van der Waals surface area (Å²) in [5, 5.41) is 2.73. The summed E-state index contributed by atoms with van der Waals surface area (Å²) >= 11 is 5.75. The van der Waals surface area contributed by atoms with Crippen molar-refractivity contribution in [1.29, 1.82) is 0 Å². The van der Waals surface area contributed by atoms with E-state index in [0.717, 1.165) is 0 Å². The summed E-state index contributed by atoms with van der Waals surface area (Å²) < 4.78 is 5.29. The van der Waals surface area contributed by atoms with Gasteiger partial charge in [0.25, 0.3) is 5.91 Å². The lowest BCUT2D eigenvalue weighted by molar-refractivity contribution is -0.126. The van der Waals surface area contributed by atoms with E-state index >= 15 is 0 Å². The SMILES string of the molecule is CNC(=O)C(C)Oc1cccnc1Cl. The Labute approximate surface area is 87.2 Å². The van der Waals surface area contributed by atoms with Crippen molar-refractivity contribution in [3.63, 3.8) is 0 Å². The molecule has 1 heterocycles. The maximum absolute atomic E-state index is 11.1. The average molecular weight is 215 g/mol. The average Bonchev–Trinajstić information content (AvgIpc) is 2.20. The number of amides is 1. The first-order chi connectivity index (χ1) is 6.65. The number of pyridine rings is 1. The molecule has 1 unspecified atom stereocenters. The third kappa shape index (κ3) is 2.60. The Kier molecular flexibility index (Phi) is 3.71. The van der Waals surface area contributed by atoms with Gasteiger partial charge in [-0.2, -0.15) is 0 Å². The van der Waals surface area contributed by atoms with Gasteiger partial charge in [0.1, 0.15) is 0 Å². The molecule has 0 radical (unpaired) electrons. The molecule has 76 valence electrons. The molecule has 0 saturated heterocycles. The molecule has 1 atom stereocenters. The molecule has 0 saturated carbocycles. The summed E-state index contributed by atoms with van der Waals surface area (Å²) in [5.41, 5.74) is 0. The van der Waals surface area contributed by atoms with Crippen LogP contribution in [0.3, 0.4) is 0 Å². The van der Waals surface area contributed by atoms with Crippen LogP contribution in [0.25, 0.3) is 0 Å². The summed E-state index contributed by atoms with van der Waals surface area (Å²) in [4.78, 5) is 15.0. The summed E-state index contributed by atoms with van der Waals surface area (Å²) in [5.74, 6) is 0.204. The molecule has 0 aliphatic heterocycles. The molecule has 5 heteroatoms. The van der Waals surface area contributed by atoms with Crippen LogP contribution >= 0.6 is 11.6 Å². The van der Waals surface area contributed by atoms with Crippen molar-refractivity contribution in [2.45, 2.75) is 13.0 Å². The quantitative estimate of drug-likeness (QED) is 0.771. The maximum Gasteiger partial charge on any atom is 0.260 e. The van der Waals surface area contributed by atoms with Crippen molar-refractivity contribution in [2.24, 2.45) is 0 Å². The van der Waals surface area contributed by atoms with Crippen LogP contribution in [0.2, 0.25) is 5.15 Å². The highest BCUT2D eigenvalue weighted by molar-refractivity contribution is 6.30. The van der Waals surface area contributed by atoms with Crippen LogP contribution in [-0.4, -0.2) is 24.0 Å². The predicted octanol–water partition coefficient (Wildman–Crippen LogP) is 1.25. The van der Waals surface area contributed by atoms with Crippen LogP contribution in [0.4, 0.5) is 0 Å². The molecular formula is C9H11ClN2O2. The molecule has 0 aliphatic rings. The number of hydrogen-bond acceptors (Lipinski definition) is 3. The van der Waals surface area contributed by atoms with Gasteiger partial charge in [-0.3, -0.25) is 4.79 Å². The second-order valence-corrected chi connectivity index (χ2v) is 3.02. The van der Waals surface area contributed by atoms with E-state index < -0.39 is 6.10 Å². The Morgan fingerprint density at radius 1 is 1.71 bits per heavy atom. The number of carbonyl (C=O) groups is 1. The highest BCUT2D eigenvalue weighted by Crippen LogP contribution is 2.21. The van der Waals surface area contributed by atoms with Gasteiger partial charge in [-0.1, -0.05) is 11.6 Å². The zero-order valence-electron chi connectivity index (χ0n) is 7.95. The molecule has 0 bridgehead atoms. The largest absolute Gasteiger partial charge is 0.478 e. The first kappa shape index (κ1) is 10.8. The van der Waals surface area contributed by atoms with Crippen LogP contribution in [0.15, 0.2) is 18.3 Å². The first-order valence-corrected chi connectivity index (χ1v) is 4.51. The van der Waals surface area contributed by atoms with E-state index in [-0.39, 0.29) is 11.1 Å². The van der Waals surface area contributed by atoms with Crippen LogP contribution in [0, 0.1) is 0 Å². The van der Waals surface area contributed by atoms with Crippen molar-refractivity contribution in [3.05, 3.63) is 23.5 Å². The maximum atomic E-state index is 11.1. The standard InChI is InChI=1S/C9H11ClN2O2/c1-6(9(13)11-2)14-7-4-3-5-12-8(7)10/h3-6H,1-2H3,(H,11,13). The number of ether oxygens (including phenoxy) is 1. The first-order valence-electron chi connectivity index (χ1n) is 4.14. The van der Waals surface area contributed by atoms with Gasteiger partial charge in [0.15, 0.2) is 17.0 Å². The van der Waals surface area contributed by atoms with Crippen LogP contribution in [0.5, 0.6) is 5.75 Å². The summed E-state index contributed by atoms with van der Waals surface area (Å²) in [7, 11) is 1.55. The fourth-order valence-corrected chi connectivity index (χ4v) is 1.07. The fraction of sp³-hybridized carbons (Fsp3) is 0.333. The predicted molar refractivity (Wildman–Crippen MR) is 53.4 cm³/mol. The fourth-order valence-electron chi connectivity index (χ4n) is 0.906. The smallest absolute Gasteiger partial charge is 0.260 e. The molecule has 0 aliphatic carbocycles. The highest BCUT2D eigenvalue weighted by Gasteiger charge is 2.14. The number of halogens is 1. The molecule has 4 nitrogen and oxygen atoms in total. The lowest BCUT2D eigenvalue weighted by atomic mass is 10.3. The lowest BCUT2D eigenvalue weighted by Gasteiger charge is -2.13. The van der Waals surface area contributed by atoms with Gasteiger partial charge in [0, 0.05) is 13.2 Å². The molecule has 14 heavy (non-hydrogen) atoms. The number of nitrogens with one attached hydrogen (secondary N) is 1. The Hall–Kier alpha value is -1.29. The van der Waals surface area contributed by atoms with Crippen molar-refractivity contribution >= 4 is 17.5 Å². The number of carbonyl (C=O) groups excluding carboxylic acids is 1. The van der Waals surface area contributed by atoms with E-state index in [0.29, 0.717) is 5.75 Å². The van der Waals surface area contributed by atoms with Gasteiger partial charge >= 0.3 is 0 Å². The molecule has 0 spiro atoms. The minimum atomic E-state index is -0.582. The van der Waals surface area contributed by atoms with E-state index in [4.69, 9.17) is 16.3 Å². The second kappa shape index (κ2) is 4.81. The Bertz CT molecular complexity index is 330. The Morgan fingerprint density at radius 2 is 2.43 bits per heavy atom. The van der Waals surface area contributed by atoms with E-state index in [1.165, 1.54) is 0 Å². The van der Waals surface area contributed by atoms with E-state index in [9.17, 15) is 4.79 Å². The number of aromatic nitrogens is 1. The van der Waals surface area contributed by atoms with Crippen LogP contribution in [0.1, 0.15) is 6.92 Å². The Balaban J connectivity index is 2.69. The van der Waals surface area contributed by atoms with Gasteiger partial charge in [-0.25, -0.2) is 4.98 Å². The minimum Gasteiger partial charge on any atom is -0.478 e. The molecule has 1 aromatic heterocycles. The summed E-state index contributed by atoms with van der Waals surface area (Å²) in [6, 6.07) is 3.35. The Morgan fingerprint density at radius 3 is 3.00 bits per heavy atom. The molecule has 1 aromatic rings. The molecule has 1 amide bonds. The van der Waals surface area contributed by atoms with E-state index in [1.54, 1.807) is 32.3 Å². The number of likely N-dealkylation sites (N-methyl/N-ethyl adjacent to an activating group) is 1. The van der Waals surface area contributed by atoms with Crippen molar-refractivity contribution in [1.82, 2.24) is 10.3 Å². The van der Waals surface area contributed by atoms with E-state index in [1.807, 2.05) is 0 Å². The highest BCUT2D eigenvalue weighted by atomic mass is 35.5. The number of hydrogen-bond donors (Lipinski definition) is 1.